The van der Waals surface area contributed by atoms with E-state index in [0.29, 0.717) is 13.1 Å². The number of hydrogen-bond acceptors (Lipinski definition) is 4. The number of halogens is 1. The third-order valence-corrected chi connectivity index (χ3v) is 4.79. The Labute approximate surface area is 159 Å². The van der Waals surface area contributed by atoms with Crippen LogP contribution in [0.4, 0.5) is 9.18 Å². The lowest BCUT2D eigenvalue weighted by Gasteiger charge is -2.35. The lowest BCUT2D eigenvalue weighted by atomic mass is 10.2. The molecule has 0 unspecified atom stereocenters. The summed E-state index contributed by atoms with van der Waals surface area (Å²) < 4.78 is 14.8. The van der Waals surface area contributed by atoms with Gasteiger partial charge in [0.25, 0.3) is 0 Å². The number of amides is 2. The number of urea groups is 1. The number of nitrogens with zero attached hydrogens (tertiary/aromatic N) is 5. The zero-order valence-electron chi connectivity index (χ0n) is 15.9. The molecule has 0 radical (unpaired) electrons. The fourth-order valence-corrected chi connectivity index (χ4v) is 3.29. The molecule has 3 rings (SSSR count). The molecule has 1 aliphatic heterocycles. The van der Waals surface area contributed by atoms with Gasteiger partial charge in [-0.25, -0.2) is 18.9 Å². The van der Waals surface area contributed by atoms with E-state index < -0.39 is 0 Å². The first-order chi connectivity index (χ1) is 13.1. The molecule has 1 aromatic carbocycles. The van der Waals surface area contributed by atoms with Gasteiger partial charge in [-0.05, 0) is 31.0 Å². The summed E-state index contributed by atoms with van der Waals surface area (Å²) >= 11 is 0. The maximum absolute atomic E-state index is 13.0. The van der Waals surface area contributed by atoms with Crippen LogP contribution in [0.5, 0.6) is 0 Å². The average molecular weight is 374 g/mol. The van der Waals surface area contributed by atoms with Gasteiger partial charge in [-0.2, -0.15) is 5.10 Å². The van der Waals surface area contributed by atoms with Crippen molar-refractivity contribution in [2.75, 3.05) is 26.2 Å². The third-order valence-electron chi connectivity index (χ3n) is 4.79. The molecule has 7 nitrogen and oxygen atoms in total. The van der Waals surface area contributed by atoms with Crippen LogP contribution in [0.25, 0.3) is 0 Å². The van der Waals surface area contributed by atoms with Crippen molar-refractivity contribution in [3.63, 3.8) is 0 Å². The van der Waals surface area contributed by atoms with E-state index >= 15 is 0 Å². The number of carbonyl (C=O) groups is 1. The lowest BCUT2D eigenvalue weighted by Crippen LogP contribution is -2.51. The molecule has 146 valence electrons. The minimum Gasteiger partial charge on any atom is -0.328 e. The number of aromatic nitrogens is 3. The standard InChI is InChI=1S/C19H27FN6O/c1-3-8-26-18(21-14-22-26)15(2)23-19(27)25-11-9-24(10-12-25)13-16-4-6-17(20)7-5-16/h4-7,14-15H,3,8-13H2,1-2H3,(H,23,27)/t15-/m1/s1. The van der Waals surface area contributed by atoms with Gasteiger partial charge in [-0.15, -0.1) is 0 Å². The number of carbonyl (C=O) groups excluding carboxylic acids is 1. The summed E-state index contributed by atoms with van der Waals surface area (Å²) in [6.07, 6.45) is 2.49. The van der Waals surface area contributed by atoms with Gasteiger partial charge >= 0.3 is 6.03 Å². The van der Waals surface area contributed by atoms with Gasteiger partial charge in [0.05, 0.1) is 6.04 Å². The molecule has 2 aromatic rings. The average Bonchev–Trinajstić information content (AvgIpc) is 3.13. The lowest BCUT2D eigenvalue weighted by molar-refractivity contribution is 0.133. The fraction of sp³-hybridized carbons (Fsp3) is 0.526. The van der Waals surface area contributed by atoms with Crippen LogP contribution in [0.3, 0.4) is 0 Å². The van der Waals surface area contributed by atoms with Gasteiger partial charge in [0.15, 0.2) is 0 Å². The van der Waals surface area contributed by atoms with E-state index in [9.17, 15) is 9.18 Å². The predicted molar refractivity (Wildman–Crippen MR) is 101 cm³/mol. The number of benzene rings is 1. The molecule has 1 aromatic heterocycles. The van der Waals surface area contributed by atoms with Crippen LogP contribution in [0.1, 0.15) is 37.7 Å². The number of piperazine rings is 1. The highest BCUT2D eigenvalue weighted by Gasteiger charge is 2.23. The van der Waals surface area contributed by atoms with E-state index in [2.05, 4.69) is 27.2 Å². The van der Waals surface area contributed by atoms with Crippen LogP contribution >= 0.6 is 0 Å². The van der Waals surface area contributed by atoms with Crippen LogP contribution < -0.4 is 5.32 Å². The highest BCUT2D eigenvalue weighted by molar-refractivity contribution is 5.74. The molecular weight excluding hydrogens is 347 g/mol. The summed E-state index contributed by atoms with van der Waals surface area (Å²) in [5, 5.41) is 7.24. The summed E-state index contributed by atoms with van der Waals surface area (Å²) in [4.78, 5) is 21.0. The Balaban J connectivity index is 1.48. The Bertz CT molecular complexity index is 739. The number of rotatable bonds is 6. The molecule has 8 heteroatoms. The smallest absolute Gasteiger partial charge is 0.318 e. The van der Waals surface area contributed by atoms with E-state index in [1.165, 1.54) is 18.5 Å². The van der Waals surface area contributed by atoms with E-state index in [-0.39, 0.29) is 17.9 Å². The summed E-state index contributed by atoms with van der Waals surface area (Å²) in [5.74, 6) is 0.560. The third kappa shape index (κ3) is 5.03. The maximum atomic E-state index is 13.0. The van der Waals surface area contributed by atoms with Crippen LogP contribution in [0.15, 0.2) is 30.6 Å². The highest BCUT2D eigenvalue weighted by atomic mass is 19.1. The zero-order chi connectivity index (χ0) is 19.2. The number of aryl methyl sites for hydroxylation is 1. The SMILES string of the molecule is CCCn1ncnc1[C@@H](C)NC(=O)N1CCN(Cc2ccc(F)cc2)CC1. The summed E-state index contributed by atoms with van der Waals surface area (Å²) in [6.45, 7) is 8.50. The summed E-state index contributed by atoms with van der Waals surface area (Å²) in [6, 6.07) is 6.32. The van der Waals surface area contributed by atoms with Crippen molar-refractivity contribution in [2.24, 2.45) is 0 Å². The fourth-order valence-electron chi connectivity index (χ4n) is 3.29. The van der Waals surface area contributed by atoms with Crippen molar-refractivity contribution in [1.82, 2.24) is 29.9 Å². The quantitative estimate of drug-likeness (QED) is 0.843. The summed E-state index contributed by atoms with van der Waals surface area (Å²) in [5.41, 5.74) is 1.08. The minimum atomic E-state index is -0.218. The van der Waals surface area contributed by atoms with E-state index in [1.807, 2.05) is 28.6 Å². The molecule has 0 spiro atoms. The first-order valence-corrected chi connectivity index (χ1v) is 9.46. The van der Waals surface area contributed by atoms with Crippen molar-refractivity contribution in [3.8, 4) is 0 Å². The van der Waals surface area contributed by atoms with Gasteiger partial charge < -0.3 is 10.2 Å². The molecule has 2 heterocycles. The van der Waals surface area contributed by atoms with Crippen molar-refractivity contribution < 1.29 is 9.18 Å². The molecule has 1 fully saturated rings. The van der Waals surface area contributed by atoms with Crippen LogP contribution in [-0.2, 0) is 13.1 Å². The second kappa shape index (κ2) is 8.94. The molecule has 0 bridgehead atoms. The van der Waals surface area contributed by atoms with Crippen molar-refractivity contribution in [2.45, 2.75) is 39.4 Å². The Hall–Kier alpha value is -2.48. The van der Waals surface area contributed by atoms with Gasteiger partial charge in [-0.3, -0.25) is 4.90 Å². The Morgan fingerprint density at radius 2 is 1.93 bits per heavy atom. The maximum Gasteiger partial charge on any atom is 0.318 e. The van der Waals surface area contributed by atoms with Crippen molar-refractivity contribution in [3.05, 3.63) is 47.8 Å². The van der Waals surface area contributed by atoms with Gasteiger partial charge in [0.2, 0.25) is 0 Å². The van der Waals surface area contributed by atoms with Gasteiger partial charge in [-0.1, -0.05) is 19.1 Å². The molecule has 2 amide bonds. The first-order valence-electron chi connectivity index (χ1n) is 9.46. The molecule has 1 atom stereocenters. The van der Waals surface area contributed by atoms with E-state index in [1.54, 1.807) is 0 Å². The van der Waals surface area contributed by atoms with E-state index in [0.717, 1.165) is 44.0 Å². The monoisotopic (exact) mass is 374 g/mol. The molecule has 1 saturated heterocycles. The van der Waals surface area contributed by atoms with Crippen LogP contribution in [0, 0.1) is 5.82 Å². The predicted octanol–water partition coefficient (Wildman–Crippen LogP) is 2.42. The number of nitrogens with one attached hydrogen (secondary N) is 1. The summed E-state index contributed by atoms with van der Waals surface area (Å²) in [7, 11) is 0. The molecule has 27 heavy (non-hydrogen) atoms. The molecule has 1 aliphatic rings. The molecule has 0 aliphatic carbocycles. The largest absolute Gasteiger partial charge is 0.328 e. The first kappa shape index (κ1) is 19.3. The second-order valence-electron chi connectivity index (χ2n) is 6.90. The van der Waals surface area contributed by atoms with Crippen molar-refractivity contribution in [1.29, 1.82) is 0 Å². The van der Waals surface area contributed by atoms with Crippen LogP contribution in [0.2, 0.25) is 0 Å². The topological polar surface area (TPSA) is 66.3 Å². The van der Waals surface area contributed by atoms with Gasteiger partial charge in [0, 0.05) is 39.3 Å². The Morgan fingerprint density at radius 3 is 2.59 bits per heavy atom. The van der Waals surface area contributed by atoms with Crippen molar-refractivity contribution >= 4 is 6.03 Å². The normalized spacial score (nSPS) is 16.3. The van der Waals surface area contributed by atoms with E-state index in [4.69, 9.17) is 0 Å². The highest BCUT2D eigenvalue weighted by Crippen LogP contribution is 2.12. The molecule has 1 N–H and O–H groups in total. The van der Waals surface area contributed by atoms with Crippen LogP contribution in [-0.4, -0.2) is 56.8 Å². The van der Waals surface area contributed by atoms with Gasteiger partial charge in [0.1, 0.15) is 18.0 Å². The Morgan fingerprint density at radius 1 is 1.22 bits per heavy atom. The Kier molecular flexibility index (Phi) is 6.39. The molecular formula is C19H27FN6O. The number of hydrogen-bond donors (Lipinski definition) is 1. The zero-order valence-corrected chi connectivity index (χ0v) is 15.9. The minimum absolute atomic E-state index is 0.0741. The molecule has 0 saturated carbocycles. The second-order valence-corrected chi connectivity index (χ2v) is 6.90.